The SMILES string of the molecule is COc1ccccc1-c1c(C(N)=O)sc2cnc(Nc3cc(C)c(C4CCN(C)CC4)cc3OC(C)C)nc12. The first-order valence-electron chi connectivity index (χ1n) is 13.2. The van der Waals surface area contributed by atoms with Crippen LogP contribution in [-0.4, -0.2) is 54.1 Å². The number of nitrogens with one attached hydrogen (secondary N) is 1. The minimum absolute atomic E-state index is 0.00846. The number of thiophene rings is 1. The molecule has 5 rings (SSSR count). The summed E-state index contributed by atoms with van der Waals surface area (Å²) < 4.78 is 12.6. The van der Waals surface area contributed by atoms with E-state index in [2.05, 4.69) is 41.3 Å². The van der Waals surface area contributed by atoms with Crippen LogP contribution in [0.3, 0.4) is 0 Å². The van der Waals surface area contributed by atoms with Crippen LogP contribution in [-0.2, 0) is 0 Å². The summed E-state index contributed by atoms with van der Waals surface area (Å²) in [4.78, 5) is 24.6. The van der Waals surface area contributed by atoms with Crippen LogP contribution < -0.4 is 20.5 Å². The molecule has 0 radical (unpaired) electrons. The molecule has 3 heterocycles. The molecule has 0 saturated carbocycles. The number of aromatic nitrogens is 2. The van der Waals surface area contributed by atoms with Crippen molar-refractivity contribution in [2.24, 2.45) is 5.73 Å². The minimum Gasteiger partial charge on any atom is -0.496 e. The number of anilines is 2. The summed E-state index contributed by atoms with van der Waals surface area (Å²) in [6, 6.07) is 11.9. The van der Waals surface area contributed by atoms with Crippen LogP contribution in [0, 0.1) is 6.92 Å². The molecule has 1 aliphatic rings. The highest BCUT2D eigenvalue weighted by molar-refractivity contribution is 7.21. The zero-order valence-corrected chi connectivity index (χ0v) is 23.9. The molecule has 1 amide bonds. The fourth-order valence-corrected chi connectivity index (χ4v) is 6.24. The molecule has 1 fully saturated rings. The summed E-state index contributed by atoms with van der Waals surface area (Å²) in [6.07, 6.45) is 4.01. The molecule has 0 atom stereocenters. The van der Waals surface area contributed by atoms with E-state index >= 15 is 0 Å². The van der Waals surface area contributed by atoms with Crippen LogP contribution in [0.2, 0.25) is 0 Å². The number of carbonyl (C=O) groups is 1. The van der Waals surface area contributed by atoms with Gasteiger partial charge in [0, 0.05) is 11.1 Å². The molecule has 8 nitrogen and oxygen atoms in total. The van der Waals surface area contributed by atoms with Crippen LogP contribution in [0.4, 0.5) is 11.6 Å². The van der Waals surface area contributed by atoms with Gasteiger partial charge in [0.25, 0.3) is 5.91 Å². The average molecular weight is 546 g/mol. The lowest BCUT2D eigenvalue weighted by Crippen LogP contribution is -2.29. The summed E-state index contributed by atoms with van der Waals surface area (Å²) in [6.45, 7) is 8.40. The summed E-state index contributed by atoms with van der Waals surface area (Å²) in [7, 11) is 3.78. The predicted molar refractivity (Wildman–Crippen MR) is 158 cm³/mol. The molecule has 204 valence electrons. The van der Waals surface area contributed by atoms with Crippen LogP contribution in [0.5, 0.6) is 11.5 Å². The van der Waals surface area contributed by atoms with E-state index in [0.29, 0.717) is 33.6 Å². The van der Waals surface area contributed by atoms with Crippen molar-refractivity contribution in [3.63, 3.8) is 0 Å². The molecule has 1 aliphatic heterocycles. The zero-order chi connectivity index (χ0) is 27.7. The Morgan fingerprint density at radius 1 is 1.18 bits per heavy atom. The first-order chi connectivity index (χ1) is 18.7. The number of benzene rings is 2. The number of methoxy groups -OCH3 is 1. The number of fused-ring (bicyclic) bond motifs is 1. The van der Waals surface area contributed by atoms with Gasteiger partial charge in [0.05, 0.1) is 35.3 Å². The van der Waals surface area contributed by atoms with Crippen molar-refractivity contribution < 1.29 is 14.3 Å². The van der Waals surface area contributed by atoms with Gasteiger partial charge in [-0.25, -0.2) is 9.97 Å². The van der Waals surface area contributed by atoms with E-state index in [-0.39, 0.29) is 6.10 Å². The summed E-state index contributed by atoms with van der Waals surface area (Å²) >= 11 is 1.28. The third-order valence-corrected chi connectivity index (χ3v) is 8.30. The molecule has 0 aliphatic carbocycles. The monoisotopic (exact) mass is 545 g/mol. The van der Waals surface area contributed by atoms with Gasteiger partial charge in [-0.05, 0) is 89.0 Å². The van der Waals surface area contributed by atoms with E-state index < -0.39 is 5.91 Å². The molecule has 2 aromatic heterocycles. The maximum Gasteiger partial charge on any atom is 0.259 e. The first kappa shape index (κ1) is 26.9. The number of hydrogen-bond donors (Lipinski definition) is 2. The number of para-hydroxylation sites is 1. The number of nitrogens with two attached hydrogens (primary N) is 1. The number of nitrogens with zero attached hydrogens (tertiary/aromatic N) is 3. The van der Waals surface area contributed by atoms with Crippen LogP contribution in [0.25, 0.3) is 21.3 Å². The number of amides is 1. The number of likely N-dealkylation sites (tertiary alicyclic amines) is 1. The van der Waals surface area contributed by atoms with Crippen molar-refractivity contribution in [3.05, 3.63) is 58.6 Å². The fraction of sp³-hybridized carbons (Fsp3) is 0.367. The molecule has 0 bridgehead atoms. The molecule has 1 saturated heterocycles. The van der Waals surface area contributed by atoms with Gasteiger partial charge in [-0.2, -0.15) is 0 Å². The van der Waals surface area contributed by atoms with E-state index in [0.717, 1.165) is 47.6 Å². The van der Waals surface area contributed by atoms with Gasteiger partial charge >= 0.3 is 0 Å². The molecular formula is C30H35N5O3S. The van der Waals surface area contributed by atoms with Gasteiger partial charge in [0.15, 0.2) is 0 Å². The predicted octanol–water partition coefficient (Wildman–Crippen LogP) is 6.11. The van der Waals surface area contributed by atoms with Crippen molar-refractivity contribution in [1.82, 2.24) is 14.9 Å². The number of piperidine rings is 1. The molecule has 4 aromatic rings. The van der Waals surface area contributed by atoms with Crippen LogP contribution >= 0.6 is 11.3 Å². The second-order valence-corrected chi connectivity index (χ2v) is 11.4. The highest BCUT2D eigenvalue weighted by atomic mass is 32.1. The quantitative estimate of drug-likeness (QED) is 0.275. The first-order valence-corrected chi connectivity index (χ1v) is 14.1. The lowest BCUT2D eigenvalue weighted by Gasteiger charge is -2.30. The Balaban J connectivity index is 1.57. The van der Waals surface area contributed by atoms with Gasteiger partial charge in [0.2, 0.25) is 5.95 Å². The third kappa shape index (κ3) is 5.55. The normalized spacial score (nSPS) is 14.6. The van der Waals surface area contributed by atoms with Gasteiger partial charge in [-0.15, -0.1) is 11.3 Å². The highest BCUT2D eigenvalue weighted by Crippen LogP contribution is 2.42. The lowest BCUT2D eigenvalue weighted by molar-refractivity contribution is 0.100. The Kier molecular flexibility index (Phi) is 7.72. The van der Waals surface area contributed by atoms with Gasteiger partial charge < -0.3 is 25.4 Å². The smallest absolute Gasteiger partial charge is 0.259 e. The molecular weight excluding hydrogens is 510 g/mol. The van der Waals surface area contributed by atoms with E-state index in [4.69, 9.17) is 20.2 Å². The Hall–Kier alpha value is -3.69. The topological polar surface area (TPSA) is 103 Å². The summed E-state index contributed by atoms with van der Waals surface area (Å²) in [5, 5.41) is 3.40. The minimum atomic E-state index is -0.513. The van der Waals surface area contributed by atoms with Gasteiger partial charge in [-0.1, -0.05) is 18.2 Å². The van der Waals surface area contributed by atoms with Crippen molar-refractivity contribution in [3.8, 4) is 22.6 Å². The highest BCUT2D eigenvalue weighted by Gasteiger charge is 2.24. The van der Waals surface area contributed by atoms with Crippen molar-refractivity contribution in [2.45, 2.75) is 45.6 Å². The number of hydrogen-bond acceptors (Lipinski definition) is 8. The number of primary amides is 1. The second-order valence-electron chi connectivity index (χ2n) is 10.4. The second kappa shape index (κ2) is 11.2. The van der Waals surface area contributed by atoms with Crippen LogP contribution in [0.15, 0.2) is 42.6 Å². The number of ether oxygens (including phenoxy) is 2. The Morgan fingerprint density at radius 3 is 2.62 bits per heavy atom. The van der Waals surface area contributed by atoms with Gasteiger partial charge in [-0.3, -0.25) is 4.79 Å². The van der Waals surface area contributed by atoms with E-state index in [1.54, 1.807) is 13.3 Å². The number of carbonyl (C=O) groups excluding carboxylic acids is 1. The molecule has 0 spiro atoms. The van der Waals surface area contributed by atoms with E-state index in [1.165, 1.54) is 22.5 Å². The van der Waals surface area contributed by atoms with Gasteiger partial charge in [0.1, 0.15) is 16.4 Å². The number of aryl methyl sites for hydroxylation is 1. The molecule has 39 heavy (non-hydrogen) atoms. The summed E-state index contributed by atoms with van der Waals surface area (Å²) in [5.74, 6) is 1.83. The average Bonchev–Trinajstić information content (AvgIpc) is 3.29. The molecule has 9 heteroatoms. The number of rotatable bonds is 8. The zero-order valence-electron chi connectivity index (χ0n) is 23.1. The van der Waals surface area contributed by atoms with Crippen molar-refractivity contribution >= 4 is 39.1 Å². The van der Waals surface area contributed by atoms with Crippen LogP contribution in [0.1, 0.15) is 53.4 Å². The third-order valence-electron chi connectivity index (χ3n) is 7.17. The lowest BCUT2D eigenvalue weighted by atomic mass is 9.86. The Bertz CT molecular complexity index is 1510. The van der Waals surface area contributed by atoms with Crippen molar-refractivity contribution in [2.75, 3.05) is 32.6 Å². The maximum atomic E-state index is 12.4. The molecule has 2 aromatic carbocycles. The van der Waals surface area contributed by atoms with Crippen molar-refractivity contribution in [1.29, 1.82) is 0 Å². The largest absolute Gasteiger partial charge is 0.496 e. The maximum absolute atomic E-state index is 12.4. The Labute approximate surface area is 233 Å². The van der Waals surface area contributed by atoms with E-state index in [9.17, 15) is 4.79 Å². The fourth-order valence-electron chi connectivity index (χ4n) is 5.26. The molecule has 3 N–H and O–H groups in total. The standard InChI is InChI=1S/C30H35N5O3S/c1-17(2)38-24-15-21(19-10-12-35(4)13-11-19)18(3)14-22(24)33-30-32-16-25-27(34-30)26(28(39-25)29(31)36)20-8-6-7-9-23(20)37-5/h6-9,14-17,19H,10-13H2,1-5H3,(H2,31,36)(H,32,33,34). The molecule has 0 unspecified atom stereocenters. The summed E-state index contributed by atoms with van der Waals surface area (Å²) in [5.41, 5.74) is 11.2. The Morgan fingerprint density at radius 2 is 1.92 bits per heavy atom. The van der Waals surface area contributed by atoms with E-state index in [1.807, 2.05) is 38.1 Å².